The van der Waals surface area contributed by atoms with Gasteiger partial charge in [0, 0.05) is 32.4 Å². The van der Waals surface area contributed by atoms with E-state index in [2.05, 4.69) is 16.7 Å². The van der Waals surface area contributed by atoms with Gasteiger partial charge in [0.2, 0.25) is 0 Å². The van der Waals surface area contributed by atoms with Crippen LogP contribution in [0.4, 0.5) is 0 Å². The number of aromatic nitrogens is 1. The molecule has 146 valence electrons. The standard InChI is InChI=1S/C26H18ClNO2/c27-20-14-15-24-22(16-20)21-11-5-6-12-23(21)28(24)17-19-10-4-7-13-25(19)30-26(29)18-8-2-1-3-9-18/h1-16H,17H2. The fraction of sp³-hybridized carbons (Fsp3) is 0.0385. The first kappa shape index (κ1) is 18.5. The van der Waals surface area contributed by atoms with Crippen molar-refractivity contribution in [2.45, 2.75) is 6.54 Å². The first-order valence-corrected chi connectivity index (χ1v) is 10.1. The quantitative estimate of drug-likeness (QED) is 0.243. The van der Waals surface area contributed by atoms with E-state index in [1.807, 2.05) is 72.8 Å². The molecule has 0 N–H and O–H groups in total. The van der Waals surface area contributed by atoms with E-state index in [9.17, 15) is 4.79 Å². The van der Waals surface area contributed by atoms with Crippen LogP contribution in [0.25, 0.3) is 21.8 Å². The molecule has 0 saturated carbocycles. The molecule has 0 spiro atoms. The molecule has 4 heteroatoms. The van der Waals surface area contributed by atoms with Crippen molar-refractivity contribution in [1.82, 2.24) is 4.57 Å². The summed E-state index contributed by atoms with van der Waals surface area (Å²) >= 11 is 6.26. The molecule has 0 aliphatic carbocycles. The van der Waals surface area contributed by atoms with Crippen molar-refractivity contribution in [1.29, 1.82) is 0 Å². The third kappa shape index (κ3) is 3.34. The summed E-state index contributed by atoms with van der Waals surface area (Å²) in [7, 11) is 0. The normalized spacial score (nSPS) is 11.1. The number of nitrogens with zero attached hydrogens (tertiary/aromatic N) is 1. The Labute approximate surface area is 179 Å². The molecule has 0 saturated heterocycles. The maximum absolute atomic E-state index is 12.6. The van der Waals surface area contributed by atoms with Gasteiger partial charge in [-0.3, -0.25) is 0 Å². The number of hydrogen-bond acceptors (Lipinski definition) is 2. The topological polar surface area (TPSA) is 31.2 Å². The second kappa shape index (κ2) is 7.69. The third-order valence-corrected chi connectivity index (χ3v) is 5.48. The summed E-state index contributed by atoms with van der Waals surface area (Å²) in [6, 6.07) is 30.9. The van der Waals surface area contributed by atoms with Gasteiger partial charge in [0.05, 0.1) is 12.1 Å². The molecule has 1 aromatic heterocycles. The second-order valence-electron chi connectivity index (χ2n) is 7.13. The van der Waals surface area contributed by atoms with Crippen molar-refractivity contribution in [2.75, 3.05) is 0 Å². The van der Waals surface area contributed by atoms with Gasteiger partial charge in [-0.15, -0.1) is 0 Å². The Morgan fingerprint density at radius 3 is 2.33 bits per heavy atom. The maximum atomic E-state index is 12.6. The number of carbonyl (C=O) groups excluding carboxylic acids is 1. The fourth-order valence-electron chi connectivity index (χ4n) is 3.83. The Bertz CT molecular complexity index is 1370. The van der Waals surface area contributed by atoms with Gasteiger partial charge in [-0.05, 0) is 42.5 Å². The van der Waals surface area contributed by atoms with Gasteiger partial charge in [0.1, 0.15) is 5.75 Å². The number of fused-ring (bicyclic) bond motifs is 3. The highest BCUT2D eigenvalue weighted by molar-refractivity contribution is 6.31. The Balaban J connectivity index is 1.57. The Morgan fingerprint density at radius 1 is 0.767 bits per heavy atom. The van der Waals surface area contributed by atoms with Crippen LogP contribution in [0.15, 0.2) is 97.1 Å². The van der Waals surface area contributed by atoms with E-state index in [0.717, 1.165) is 27.4 Å². The summed E-state index contributed by atoms with van der Waals surface area (Å²) in [5.41, 5.74) is 3.65. The van der Waals surface area contributed by atoms with E-state index < -0.39 is 0 Å². The summed E-state index contributed by atoms with van der Waals surface area (Å²) in [5, 5.41) is 2.97. The van der Waals surface area contributed by atoms with Gasteiger partial charge in [-0.1, -0.05) is 66.2 Å². The lowest BCUT2D eigenvalue weighted by atomic mass is 10.2. The highest BCUT2D eigenvalue weighted by Gasteiger charge is 2.15. The van der Waals surface area contributed by atoms with Crippen LogP contribution in [-0.4, -0.2) is 10.5 Å². The summed E-state index contributed by atoms with van der Waals surface area (Å²) in [6.45, 7) is 0.573. The zero-order chi connectivity index (χ0) is 20.5. The molecule has 5 rings (SSSR count). The largest absolute Gasteiger partial charge is 0.423 e. The van der Waals surface area contributed by atoms with E-state index in [0.29, 0.717) is 22.9 Å². The second-order valence-corrected chi connectivity index (χ2v) is 7.56. The molecule has 0 fully saturated rings. The minimum Gasteiger partial charge on any atom is -0.423 e. The van der Waals surface area contributed by atoms with Crippen LogP contribution in [0.3, 0.4) is 0 Å². The number of benzene rings is 4. The fourth-order valence-corrected chi connectivity index (χ4v) is 4.01. The van der Waals surface area contributed by atoms with Crippen LogP contribution >= 0.6 is 11.6 Å². The van der Waals surface area contributed by atoms with Gasteiger partial charge in [-0.2, -0.15) is 0 Å². The maximum Gasteiger partial charge on any atom is 0.343 e. The van der Waals surface area contributed by atoms with Gasteiger partial charge in [-0.25, -0.2) is 4.79 Å². The van der Waals surface area contributed by atoms with Crippen LogP contribution in [0.1, 0.15) is 15.9 Å². The van der Waals surface area contributed by atoms with Crippen molar-refractivity contribution in [2.24, 2.45) is 0 Å². The highest BCUT2D eigenvalue weighted by Crippen LogP contribution is 2.32. The summed E-state index contributed by atoms with van der Waals surface area (Å²) in [5.74, 6) is 0.198. The lowest BCUT2D eigenvalue weighted by molar-refractivity contribution is 0.0733. The molecule has 0 aliphatic rings. The monoisotopic (exact) mass is 411 g/mol. The van der Waals surface area contributed by atoms with Crippen molar-refractivity contribution in [3.05, 3.63) is 113 Å². The van der Waals surface area contributed by atoms with Crippen LogP contribution in [0, 0.1) is 0 Å². The van der Waals surface area contributed by atoms with Gasteiger partial charge in [0.25, 0.3) is 0 Å². The molecule has 0 aliphatic heterocycles. The number of rotatable bonds is 4. The average molecular weight is 412 g/mol. The molecule has 1 heterocycles. The predicted octanol–water partition coefficient (Wildman–Crippen LogP) is 6.72. The average Bonchev–Trinajstić information content (AvgIpc) is 3.08. The zero-order valence-electron chi connectivity index (χ0n) is 16.1. The molecular formula is C26H18ClNO2. The van der Waals surface area contributed by atoms with Crippen molar-refractivity contribution in [3.63, 3.8) is 0 Å². The molecule has 0 radical (unpaired) electrons. The summed E-state index contributed by atoms with van der Waals surface area (Å²) in [4.78, 5) is 12.6. The van der Waals surface area contributed by atoms with Gasteiger partial charge < -0.3 is 9.30 Å². The number of halogens is 1. The summed E-state index contributed by atoms with van der Waals surface area (Å²) < 4.78 is 7.98. The van der Waals surface area contributed by atoms with E-state index >= 15 is 0 Å². The third-order valence-electron chi connectivity index (χ3n) is 5.25. The van der Waals surface area contributed by atoms with Gasteiger partial charge >= 0.3 is 5.97 Å². The van der Waals surface area contributed by atoms with Crippen molar-refractivity contribution >= 4 is 39.4 Å². The predicted molar refractivity (Wildman–Crippen MR) is 121 cm³/mol. The number of esters is 1. The number of hydrogen-bond donors (Lipinski definition) is 0. The molecule has 0 atom stereocenters. The lowest BCUT2D eigenvalue weighted by Crippen LogP contribution is -2.10. The van der Waals surface area contributed by atoms with Crippen LogP contribution in [0.2, 0.25) is 5.02 Å². The minimum atomic E-state index is -0.364. The van der Waals surface area contributed by atoms with E-state index in [1.54, 1.807) is 12.1 Å². The van der Waals surface area contributed by atoms with E-state index in [4.69, 9.17) is 16.3 Å². The lowest BCUT2D eigenvalue weighted by Gasteiger charge is -2.13. The van der Waals surface area contributed by atoms with Crippen molar-refractivity contribution in [3.8, 4) is 5.75 Å². The molecule has 0 amide bonds. The SMILES string of the molecule is O=C(Oc1ccccc1Cn1c2ccccc2c2cc(Cl)ccc21)c1ccccc1. The number of ether oxygens (including phenoxy) is 1. The number of para-hydroxylation sites is 2. The first-order valence-electron chi connectivity index (χ1n) is 9.72. The van der Waals surface area contributed by atoms with E-state index in [-0.39, 0.29) is 5.97 Å². The van der Waals surface area contributed by atoms with E-state index in [1.165, 1.54) is 0 Å². The van der Waals surface area contributed by atoms with Crippen LogP contribution in [-0.2, 0) is 6.54 Å². The Kier molecular flexibility index (Phi) is 4.74. The first-order chi connectivity index (χ1) is 14.7. The number of carbonyl (C=O) groups is 1. The van der Waals surface area contributed by atoms with Crippen LogP contribution < -0.4 is 4.74 Å². The molecule has 0 unspecified atom stereocenters. The molecule has 3 nitrogen and oxygen atoms in total. The molecular weight excluding hydrogens is 394 g/mol. The molecule has 30 heavy (non-hydrogen) atoms. The molecule has 5 aromatic rings. The molecule has 4 aromatic carbocycles. The van der Waals surface area contributed by atoms with Crippen LogP contribution in [0.5, 0.6) is 5.75 Å². The van der Waals surface area contributed by atoms with Gasteiger partial charge in [0.15, 0.2) is 0 Å². The Hall–Kier alpha value is -3.56. The minimum absolute atomic E-state index is 0.364. The summed E-state index contributed by atoms with van der Waals surface area (Å²) in [6.07, 6.45) is 0. The molecule has 0 bridgehead atoms. The zero-order valence-corrected chi connectivity index (χ0v) is 16.8. The smallest absolute Gasteiger partial charge is 0.343 e. The van der Waals surface area contributed by atoms with Crippen molar-refractivity contribution < 1.29 is 9.53 Å². The highest BCUT2D eigenvalue weighted by atomic mass is 35.5. The Morgan fingerprint density at radius 2 is 1.47 bits per heavy atom.